The number of carbonyl (C=O) groups excluding carboxylic acids is 1. The van der Waals surface area contributed by atoms with E-state index in [-0.39, 0.29) is 18.0 Å². The molecule has 0 fully saturated rings. The molecule has 0 unspecified atom stereocenters. The number of benzene rings is 1. The van der Waals surface area contributed by atoms with Crippen LogP contribution in [0.4, 0.5) is 4.39 Å². The van der Waals surface area contributed by atoms with Crippen molar-refractivity contribution in [2.45, 2.75) is 12.8 Å². The summed E-state index contributed by atoms with van der Waals surface area (Å²) in [6, 6.07) is 4.28. The van der Waals surface area contributed by atoms with E-state index in [1.807, 2.05) is 6.26 Å². The fraction of sp³-hybridized carbons (Fsp3) is 0.364. The van der Waals surface area contributed by atoms with Crippen LogP contribution in [0.15, 0.2) is 18.2 Å². The molecule has 0 atom stereocenters. The van der Waals surface area contributed by atoms with E-state index in [4.69, 9.17) is 11.6 Å². The highest BCUT2D eigenvalue weighted by atomic mass is 35.5. The lowest BCUT2D eigenvalue weighted by Gasteiger charge is -2.02. The van der Waals surface area contributed by atoms with E-state index in [1.54, 1.807) is 11.8 Å². The van der Waals surface area contributed by atoms with Crippen molar-refractivity contribution in [1.82, 2.24) is 0 Å². The molecule has 0 spiro atoms. The molecule has 0 aliphatic rings. The third-order valence-corrected chi connectivity index (χ3v) is 2.83. The van der Waals surface area contributed by atoms with Crippen molar-refractivity contribution in [3.05, 3.63) is 34.6 Å². The molecule has 0 N–H and O–H groups in total. The molecule has 0 aliphatic carbocycles. The van der Waals surface area contributed by atoms with E-state index >= 15 is 0 Å². The van der Waals surface area contributed by atoms with Gasteiger partial charge in [0.15, 0.2) is 0 Å². The molecule has 0 amide bonds. The predicted octanol–water partition coefficient (Wildman–Crippen LogP) is 3.34. The van der Waals surface area contributed by atoms with E-state index in [0.717, 1.165) is 5.75 Å². The van der Waals surface area contributed by atoms with Gasteiger partial charge in [-0.25, -0.2) is 4.39 Å². The Morgan fingerprint density at radius 2 is 2.27 bits per heavy atom. The van der Waals surface area contributed by atoms with Crippen molar-refractivity contribution in [3.63, 3.8) is 0 Å². The molecule has 1 aromatic carbocycles. The number of rotatable bonds is 5. The highest BCUT2D eigenvalue weighted by molar-refractivity contribution is 7.98. The van der Waals surface area contributed by atoms with Gasteiger partial charge in [0, 0.05) is 17.9 Å². The minimum Gasteiger partial charge on any atom is -0.299 e. The van der Waals surface area contributed by atoms with Gasteiger partial charge in [0.05, 0.1) is 0 Å². The Balaban J connectivity index is 2.63. The van der Waals surface area contributed by atoms with E-state index in [0.29, 0.717) is 17.0 Å². The van der Waals surface area contributed by atoms with Crippen molar-refractivity contribution in [3.8, 4) is 0 Å². The second-order valence-electron chi connectivity index (χ2n) is 3.19. The maximum atomic E-state index is 13.2. The van der Waals surface area contributed by atoms with Crippen LogP contribution in [0, 0.1) is 5.82 Å². The van der Waals surface area contributed by atoms with Gasteiger partial charge in [-0.3, -0.25) is 4.79 Å². The molecule has 82 valence electrons. The number of thioether (sulfide) groups is 1. The largest absolute Gasteiger partial charge is 0.299 e. The SMILES string of the molecule is CSCCC(=O)Cc1cc(Cl)ccc1F. The highest BCUT2D eigenvalue weighted by Crippen LogP contribution is 2.16. The molecule has 0 bridgehead atoms. The second kappa shape index (κ2) is 6.13. The molecule has 1 rings (SSSR count). The third-order valence-electron chi connectivity index (χ3n) is 1.98. The Morgan fingerprint density at radius 1 is 1.53 bits per heavy atom. The zero-order valence-electron chi connectivity index (χ0n) is 8.43. The predicted molar refractivity (Wildman–Crippen MR) is 63.1 cm³/mol. The summed E-state index contributed by atoms with van der Waals surface area (Å²) >= 11 is 7.33. The lowest BCUT2D eigenvalue weighted by Crippen LogP contribution is -2.05. The van der Waals surface area contributed by atoms with Crippen LogP contribution in [0.2, 0.25) is 5.02 Å². The fourth-order valence-electron chi connectivity index (χ4n) is 1.20. The lowest BCUT2D eigenvalue weighted by atomic mass is 10.1. The monoisotopic (exact) mass is 246 g/mol. The number of hydrogen-bond donors (Lipinski definition) is 0. The standard InChI is InChI=1S/C11H12ClFOS/c1-15-5-4-10(14)7-8-6-9(12)2-3-11(8)13/h2-3,6H,4-5,7H2,1H3. The maximum Gasteiger partial charge on any atom is 0.138 e. The maximum absolute atomic E-state index is 13.2. The van der Waals surface area contributed by atoms with E-state index in [2.05, 4.69) is 0 Å². The molecule has 0 saturated heterocycles. The number of carbonyl (C=O) groups is 1. The highest BCUT2D eigenvalue weighted by Gasteiger charge is 2.08. The van der Waals surface area contributed by atoms with Crippen molar-refractivity contribution in [1.29, 1.82) is 0 Å². The van der Waals surface area contributed by atoms with Gasteiger partial charge in [0.25, 0.3) is 0 Å². The molecule has 4 heteroatoms. The van der Waals surface area contributed by atoms with E-state index in [1.165, 1.54) is 18.2 Å². The summed E-state index contributed by atoms with van der Waals surface area (Å²) in [5.41, 5.74) is 0.383. The summed E-state index contributed by atoms with van der Waals surface area (Å²) in [6.07, 6.45) is 2.55. The van der Waals surface area contributed by atoms with Crippen LogP contribution in [0.25, 0.3) is 0 Å². The van der Waals surface area contributed by atoms with Gasteiger partial charge in [0.2, 0.25) is 0 Å². The Hall–Kier alpha value is -0.540. The average molecular weight is 247 g/mol. The minimum atomic E-state index is -0.364. The first-order valence-electron chi connectivity index (χ1n) is 4.58. The Morgan fingerprint density at radius 3 is 2.93 bits per heavy atom. The fourth-order valence-corrected chi connectivity index (χ4v) is 1.82. The van der Waals surface area contributed by atoms with Crippen LogP contribution in [0.3, 0.4) is 0 Å². The Kier molecular flexibility index (Phi) is 5.12. The molecule has 0 aromatic heterocycles. The summed E-state index contributed by atoms with van der Waals surface area (Å²) in [5, 5.41) is 0.462. The zero-order valence-corrected chi connectivity index (χ0v) is 10.00. The van der Waals surface area contributed by atoms with E-state index < -0.39 is 0 Å². The number of halogens is 2. The normalized spacial score (nSPS) is 10.3. The molecule has 0 aliphatic heterocycles. The topological polar surface area (TPSA) is 17.1 Å². The molecule has 1 nitrogen and oxygen atoms in total. The zero-order chi connectivity index (χ0) is 11.3. The molecular formula is C11H12ClFOS. The van der Waals surface area contributed by atoms with Crippen LogP contribution in [0.5, 0.6) is 0 Å². The van der Waals surface area contributed by atoms with Crippen molar-refractivity contribution in [2.24, 2.45) is 0 Å². The molecule has 0 heterocycles. The Bertz CT molecular complexity index is 354. The Labute approximate surface area is 98.0 Å². The van der Waals surface area contributed by atoms with Gasteiger partial charge >= 0.3 is 0 Å². The van der Waals surface area contributed by atoms with Crippen LogP contribution in [-0.2, 0) is 11.2 Å². The summed E-state index contributed by atoms with van der Waals surface area (Å²) in [7, 11) is 0. The summed E-state index contributed by atoms with van der Waals surface area (Å²) in [4.78, 5) is 11.4. The average Bonchev–Trinajstić information content (AvgIpc) is 2.20. The number of hydrogen-bond acceptors (Lipinski definition) is 2. The quantitative estimate of drug-likeness (QED) is 0.793. The van der Waals surface area contributed by atoms with Gasteiger partial charge in [-0.1, -0.05) is 11.6 Å². The minimum absolute atomic E-state index is 0.0468. The lowest BCUT2D eigenvalue weighted by molar-refractivity contribution is -0.118. The summed E-state index contributed by atoms with van der Waals surface area (Å²) in [6.45, 7) is 0. The third kappa shape index (κ3) is 4.22. The van der Waals surface area contributed by atoms with Crippen LogP contribution in [-0.4, -0.2) is 17.8 Å². The van der Waals surface area contributed by atoms with Crippen LogP contribution < -0.4 is 0 Å². The van der Waals surface area contributed by atoms with Crippen molar-refractivity contribution < 1.29 is 9.18 Å². The van der Waals surface area contributed by atoms with Gasteiger partial charge in [-0.05, 0) is 35.8 Å². The molecule has 0 radical (unpaired) electrons. The second-order valence-corrected chi connectivity index (χ2v) is 4.62. The van der Waals surface area contributed by atoms with Crippen LogP contribution >= 0.6 is 23.4 Å². The first-order chi connectivity index (χ1) is 7.13. The summed E-state index contributed by atoms with van der Waals surface area (Å²) < 4.78 is 13.2. The smallest absolute Gasteiger partial charge is 0.138 e. The van der Waals surface area contributed by atoms with Gasteiger partial charge in [-0.2, -0.15) is 11.8 Å². The molecule has 0 saturated carbocycles. The molecular weight excluding hydrogens is 235 g/mol. The molecule has 1 aromatic rings. The van der Waals surface area contributed by atoms with Gasteiger partial charge < -0.3 is 0 Å². The number of Topliss-reactive ketones (excluding diaryl/α,β-unsaturated/α-hetero) is 1. The summed E-state index contributed by atoms with van der Waals surface area (Å²) in [5.74, 6) is 0.462. The van der Waals surface area contributed by atoms with Crippen molar-refractivity contribution >= 4 is 29.1 Å². The van der Waals surface area contributed by atoms with Crippen LogP contribution in [0.1, 0.15) is 12.0 Å². The first kappa shape index (κ1) is 12.5. The van der Waals surface area contributed by atoms with Gasteiger partial charge in [0.1, 0.15) is 11.6 Å². The van der Waals surface area contributed by atoms with E-state index in [9.17, 15) is 9.18 Å². The van der Waals surface area contributed by atoms with Gasteiger partial charge in [-0.15, -0.1) is 0 Å². The molecule has 15 heavy (non-hydrogen) atoms. The first-order valence-corrected chi connectivity index (χ1v) is 6.35. The van der Waals surface area contributed by atoms with Crippen molar-refractivity contribution in [2.75, 3.05) is 12.0 Å². The number of ketones is 1.